The number of hydrogen-bond donors (Lipinski definition) is 1. The Morgan fingerprint density at radius 2 is 2.14 bits per heavy atom. The van der Waals surface area contributed by atoms with Gasteiger partial charge in [0.05, 0.1) is 0 Å². The first kappa shape index (κ1) is 14.3. The van der Waals surface area contributed by atoms with E-state index >= 15 is 0 Å². The molecule has 1 saturated heterocycles. The quantitative estimate of drug-likeness (QED) is 0.929. The third-order valence-electron chi connectivity index (χ3n) is 4.58. The topological polar surface area (TPSA) is 28.2 Å². The first-order valence-electron chi connectivity index (χ1n) is 8.15. The monoisotopic (exact) mass is 283 g/mol. The molecule has 1 aliphatic rings. The Morgan fingerprint density at radius 1 is 1.29 bits per heavy atom. The number of benzene rings is 1. The predicted molar refractivity (Wildman–Crippen MR) is 89.9 cm³/mol. The highest BCUT2D eigenvalue weighted by molar-refractivity contribution is 5.92. The number of fused-ring (bicyclic) bond motifs is 1. The first-order valence-corrected chi connectivity index (χ1v) is 8.15. The highest BCUT2D eigenvalue weighted by atomic mass is 15.2. The fraction of sp³-hybridized carbons (Fsp3) is 0.500. The molecule has 1 N–H and O–H groups in total. The maximum absolute atomic E-state index is 4.72. The van der Waals surface area contributed by atoms with E-state index in [1.54, 1.807) is 0 Å². The molecule has 1 aromatic heterocycles. The van der Waals surface area contributed by atoms with Crippen molar-refractivity contribution in [3.05, 3.63) is 36.5 Å². The number of nitrogens with zero attached hydrogens (tertiary/aromatic N) is 2. The Kier molecular flexibility index (Phi) is 4.39. The molecule has 0 saturated carbocycles. The average molecular weight is 283 g/mol. The number of pyridine rings is 1. The van der Waals surface area contributed by atoms with Crippen LogP contribution in [0.15, 0.2) is 36.5 Å². The minimum Gasteiger partial charge on any atom is -0.352 e. The minimum absolute atomic E-state index is 0.496. The third kappa shape index (κ3) is 2.88. The van der Waals surface area contributed by atoms with Crippen LogP contribution in [-0.4, -0.2) is 30.2 Å². The number of hydrogen-bond acceptors (Lipinski definition) is 3. The second-order valence-electron chi connectivity index (χ2n) is 5.96. The Balaban J connectivity index is 1.98. The van der Waals surface area contributed by atoms with Gasteiger partial charge < -0.3 is 10.2 Å². The van der Waals surface area contributed by atoms with Crippen molar-refractivity contribution < 1.29 is 0 Å². The van der Waals surface area contributed by atoms with Gasteiger partial charge in [0.25, 0.3) is 0 Å². The Labute approximate surface area is 127 Å². The maximum Gasteiger partial charge on any atom is 0.136 e. The van der Waals surface area contributed by atoms with E-state index in [0.29, 0.717) is 12.1 Å². The minimum atomic E-state index is 0.496. The zero-order chi connectivity index (χ0) is 14.7. The average Bonchev–Trinajstić information content (AvgIpc) is 2.54. The lowest BCUT2D eigenvalue weighted by Crippen LogP contribution is -2.51. The van der Waals surface area contributed by atoms with Crippen molar-refractivity contribution >= 4 is 16.6 Å². The summed E-state index contributed by atoms with van der Waals surface area (Å²) in [6, 6.07) is 11.7. The van der Waals surface area contributed by atoms with Gasteiger partial charge >= 0.3 is 0 Å². The summed E-state index contributed by atoms with van der Waals surface area (Å²) in [4.78, 5) is 7.25. The van der Waals surface area contributed by atoms with E-state index in [4.69, 9.17) is 4.98 Å². The summed E-state index contributed by atoms with van der Waals surface area (Å²) in [5, 5.41) is 6.15. The molecule has 2 aromatic rings. The molecule has 2 atom stereocenters. The van der Waals surface area contributed by atoms with Gasteiger partial charge in [-0.1, -0.05) is 31.2 Å². The molecule has 21 heavy (non-hydrogen) atoms. The highest BCUT2D eigenvalue weighted by Gasteiger charge is 2.28. The molecule has 1 aromatic carbocycles. The number of nitrogens with one attached hydrogen (secondary N) is 1. The van der Waals surface area contributed by atoms with Crippen LogP contribution in [0.1, 0.15) is 33.1 Å². The Hall–Kier alpha value is -1.61. The van der Waals surface area contributed by atoms with Gasteiger partial charge in [0.15, 0.2) is 0 Å². The number of anilines is 1. The van der Waals surface area contributed by atoms with E-state index in [1.807, 2.05) is 6.20 Å². The van der Waals surface area contributed by atoms with Crippen LogP contribution in [0.25, 0.3) is 10.8 Å². The van der Waals surface area contributed by atoms with Gasteiger partial charge in [0.2, 0.25) is 0 Å². The zero-order valence-electron chi connectivity index (χ0n) is 13.0. The maximum atomic E-state index is 4.72. The van der Waals surface area contributed by atoms with Crippen LogP contribution in [0.2, 0.25) is 0 Å². The normalized spacial score (nSPS) is 20.7. The van der Waals surface area contributed by atoms with E-state index in [1.165, 1.54) is 30.0 Å². The van der Waals surface area contributed by atoms with E-state index in [0.717, 1.165) is 18.9 Å². The lowest BCUT2D eigenvalue weighted by atomic mass is 9.95. The van der Waals surface area contributed by atoms with Crippen LogP contribution >= 0.6 is 0 Å². The van der Waals surface area contributed by atoms with Gasteiger partial charge in [-0.15, -0.1) is 0 Å². The second kappa shape index (κ2) is 6.44. The zero-order valence-corrected chi connectivity index (χ0v) is 13.0. The summed E-state index contributed by atoms with van der Waals surface area (Å²) in [6.07, 6.45) is 5.78. The first-order chi connectivity index (χ1) is 10.3. The number of rotatable bonds is 4. The lowest BCUT2D eigenvalue weighted by Gasteiger charge is -2.40. The molecule has 0 amide bonds. The lowest BCUT2D eigenvalue weighted by molar-refractivity contribution is 0.371. The summed E-state index contributed by atoms with van der Waals surface area (Å²) in [7, 11) is 0. The molecule has 3 nitrogen and oxygen atoms in total. The summed E-state index contributed by atoms with van der Waals surface area (Å²) < 4.78 is 0. The third-order valence-corrected chi connectivity index (χ3v) is 4.58. The van der Waals surface area contributed by atoms with Crippen LogP contribution in [0, 0.1) is 0 Å². The summed E-state index contributed by atoms with van der Waals surface area (Å²) in [5.41, 5.74) is 0. The fourth-order valence-electron chi connectivity index (χ4n) is 3.53. The highest BCUT2D eigenvalue weighted by Crippen LogP contribution is 2.30. The molecule has 1 aliphatic heterocycles. The van der Waals surface area contributed by atoms with E-state index < -0.39 is 0 Å². The molecule has 1 fully saturated rings. The molecule has 3 heteroatoms. The van der Waals surface area contributed by atoms with Gasteiger partial charge in [-0.2, -0.15) is 0 Å². The van der Waals surface area contributed by atoms with E-state index in [9.17, 15) is 0 Å². The molecule has 0 aliphatic carbocycles. The summed E-state index contributed by atoms with van der Waals surface area (Å²) in [6.45, 7) is 6.62. The van der Waals surface area contributed by atoms with Gasteiger partial charge in [-0.3, -0.25) is 0 Å². The van der Waals surface area contributed by atoms with Crippen LogP contribution in [0.3, 0.4) is 0 Å². The Bertz CT molecular complexity index is 591. The van der Waals surface area contributed by atoms with Crippen LogP contribution in [-0.2, 0) is 0 Å². The molecule has 112 valence electrons. The number of aromatic nitrogens is 1. The van der Waals surface area contributed by atoms with Crippen molar-refractivity contribution in [2.24, 2.45) is 0 Å². The van der Waals surface area contributed by atoms with Gasteiger partial charge in [0, 0.05) is 30.2 Å². The van der Waals surface area contributed by atoms with Gasteiger partial charge in [-0.25, -0.2) is 4.98 Å². The Morgan fingerprint density at radius 3 is 3.00 bits per heavy atom. The standard InChI is InChI=1S/C18H25N3/c1-3-19-14(2)17-10-6-7-13-21(17)18-16-9-5-4-8-15(16)11-12-20-18/h4-5,8-9,11-12,14,17,19H,3,6-7,10,13H2,1-2H3. The van der Waals surface area contributed by atoms with Crippen molar-refractivity contribution in [2.45, 2.75) is 45.2 Å². The summed E-state index contributed by atoms with van der Waals surface area (Å²) >= 11 is 0. The molecular formula is C18H25N3. The summed E-state index contributed by atoms with van der Waals surface area (Å²) in [5.74, 6) is 1.16. The van der Waals surface area contributed by atoms with Crippen molar-refractivity contribution in [3.8, 4) is 0 Å². The van der Waals surface area contributed by atoms with Crippen LogP contribution in [0.5, 0.6) is 0 Å². The smallest absolute Gasteiger partial charge is 0.136 e. The van der Waals surface area contributed by atoms with Gasteiger partial charge in [-0.05, 0) is 44.2 Å². The molecule has 0 spiro atoms. The molecule has 3 rings (SSSR count). The van der Waals surface area contributed by atoms with E-state index in [2.05, 4.69) is 54.4 Å². The molecule has 0 radical (unpaired) electrons. The molecule has 2 unspecified atom stereocenters. The van der Waals surface area contributed by atoms with Crippen LogP contribution < -0.4 is 10.2 Å². The SMILES string of the molecule is CCNC(C)C1CCCCN1c1nccc2ccccc12. The van der Waals surface area contributed by atoms with E-state index in [-0.39, 0.29) is 0 Å². The molecule has 0 bridgehead atoms. The predicted octanol–water partition coefficient (Wildman–Crippen LogP) is 3.59. The van der Waals surface area contributed by atoms with Crippen molar-refractivity contribution in [1.29, 1.82) is 0 Å². The number of piperidine rings is 1. The van der Waals surface area contributed by atoms with Crippen LogP contribution in [0.4, 0.5) is 5.82 Å². The van der Waals surface area contributed by atoms with Crippen molar-refractivity contribution in [2.75, 3.05) is 18.0 Å². The molecular weight excluding hydrogens is 258 g/mol. The molecule has 2 heterocycles. The van der Waals surface area contributed by atoms with Gasteiger partial charge in [0.1, 0.15) is 5.82 Å². The fourth-order valence-corrected chi connectivity index (χ4v) is 3.53. The largest absolute Gasteiger partial charge is 0.352 e. The number of likely N-dealkylation sites (N-methyl/N-ethyl adjacent to an activating group) is 1. The van der Waals surface area contributed by atoms with Crippen molar-refractivity contribution in [1.82, 2.24) is 10.3 Å². The van der Waals surface area contributed by atoms with Crippen molar-refractivity contribution in [3.63, 3.8) is 0 Å². The second-order valence-corrected chi connectivity index (χ2v) is 5.96.